The third kappa shape index (κ3) is 4.92. The Morgan fingerprint density at radius 3 is 2.72 bits per heavy atom. The van der Waals surface area contributed by atoms with Crippen LogP contribution in [0.2, 0.25) is 0 Å². The standard InChI is InChI=1S/C20H23N3O5S/c1-12(2)19(21-13(3)24)20(26)28-11-18(25)23-15(16-6-4-8-27-16)10-14(22-23)17-7-5-9-29-17/h4-9,12,15,19H,10-11H2,1-3H3,(H,21,24)/t15-,19+/m0/s1. The van der Waals surface area contributed by atoms with Crippen LogP contribution in [0.3, 0.4) is 0 Å². The van der Waals surface area contributed by atoms with Gasteiger partial charge < -0.3 is 14.5 Å². The summed E-state index contributed by atoms with van der Waals surface area (Å²) in [5.41, 5.74) is 0.777. The van der Waals surface area contributed by atoms with E-state index in [4.69, 9.17) is 9.15 Å². The van der Waals surface area contributed by atoms with Gasteiger partial charge in [0.15, 0.2) is 6.61 Å². The fourth-order valence-electron chi connectivity index (χ4n) is 3.04. The molecule has 3 rings (SSSR count). The Labute approximate surface area is 172 Å². The fraction of sp³-hybridized carbons (Fsp3) is 0.400. The molecule has 0 saturated heterocycles. The van der Waals surface area contributed by atoms with Gasteiger partial charge in [-0.05, 0) is 29.5 Å². The number of furan rings is 1. The van der Waals surface area contributed by atoms with Crippen molar-refractivity contribution in [1.29, 1.82) is 0 Å². The quantitative estimate of drug-likeness (QED) is 0.698. The van der Waals surface area contributed by atoms with Crippen molar-refractivity contribution in [3.63, 3.8) is 0 Å². The summed E-state index contributed by atoms with van der Waals surface area (Å²) >= 11 is 1.54. The Balaban J connectivity index is 1.71. The van der Waals surface area contributed by atoms with Crippen molar-refractivity contribution in [2.45, 2.75) is 39.3 Å². The summed E-state index contributed by atoms with van der Waals surface area (Å²) in [6, 6.07) is 6.19. The zero-order valence-electron chi connectivity index (χ0n) is 16.5. The van der Waals surface area contributed by atoms with Gasteiger partial charge in [0, 0.05) is 13.3 Å². The van der Waals surface area contributed by atoms with Crippen LogP contribution in [0, 0.1) is 5.92 Å². The molecular weight excluding hydrogens is 394 g/mol. The van der Waals surface area contributed by atoms with Crippen molar-refractivity contribution >= 4 is 34.8 Å². The van der Waals surface area contributed by atoms with Gasteiger partial charge in [-0.2, -0.15) is 5.10 Å². The number of esters is 1. The third-order valence-corrected chi connectivity index (χ3v) is 5.38. The lowest BCUT2D eigenvalue weighted by Gasteiger charge is -2.22. The van der Waals surface area contributed by atoms with Crippen LogP contribution in [0.15, 0.2) is 45.4 Å². The molecule has 8 nitrogen and oxygen atoms in total. The lowest BCUT2D eigenvalue weighted by atomic mass is 10.0. The number of ether oxygens (including phenoxy) is 1. The van der Waals surface area contributed by atoms with E-state index in [0.29, 0.717) is 12.2 Å². The van der Waals surface area contributed by atoms with Crippen molar-refractivity contribution in [3.8, 4) is 0 Å². The van der Waals surface area contributed by atoms with Gasteiger partial charge in [0.1, 0.15) is 17.8 Å². The molecule has 0 radical (unpaired) electrons. The highest BCUT2D eigenvalue weighted by Crippen LogP contribution is 2.34. The molecule has 2 amide bonds. The predicted molar refractivity (Wildman–Crippen MR) is 107 cm³/mol. The summed E-state index contributed by atoms with van der Waals surface area (Å²) in [7, 11) is 0. The molecule has 0 unspecified atom stereocenters. The summed E-state index contributed by atoms with van der Waals surface area (Å²) in [6.07, 6.45) is 2.05. The number of nitrogens with one attached hydrogen (secondary N) is 1. The number of amides is 2. The monoisotopic (exact) mass is 417 g/mol. The van der Waals surface area contributed by atoms with Crippen molar-refractivity contribution in [1.82, 2.24) is 10.3 Å². The minimum atomic E-state index is -0.815. The van der Waals surface area contributed by atoms with Gasteiger partial charge in [0.05, 0.1) is 16.9 Å². The SMILES string of the molecule is CC(=O)N[C@@H](C(=O)OCC(=O)N1N=C(c2cccs2)C[C@H]1c1ccco1)C(C)C. The first-order valence-electron chi connectivity index (χ1n) is 9.27. The largest absolute Gasteiger partial charge is 0.467 e. The van der Waals surface area contributed by atoms with Crippen molar-refractivity contribution in [3.05, 3.63) is 46.5 Å². The average Bonchev–Trinajstić information content (AvgIpc) is 3.43. The molecule has 0 aromatic carbocycles. The van der Waals surface area contributed by atoms with E-state index in [1.165, 1.54) is 23.3 Å². The molecule has 0 saturated carbocycles. The summed E-state index contributed by atoms with van der Waals surface area (Å²) in [6.45, 7) is 4.43. The summed E-state index contributed by atoms with van der Waals surface area (Å²) in [5, 5.41) is 10.3. The van der Waals surface area contributed by atoms with Gasteiger partial charge in [-0.25, -0.2) is 9.80 Å². The molecule has 29 heavy (non-hydrogen) atoms. The number of rotatable bonds is 7. The summed E-state index contributed by atoms with van der Waals surface area (Å²) < 4.78 is 10.7. The van der Waals surface area contributed by atoms with E-state index in [2.05, 4.69) is 10.4 Å². The highest BCUT2D eigenvalue weighted by Gasteiger charge is 2.36. The minimum absolute atomic E-state index is 0.174. The van der Waals surface area contributed by atoms with Crippen molar-refractivity contribution in [2.24, 2.45) is 11.0 Å². The molecule has 3 heterocycles. The smallest absolute Gasteiger partial charge is 0.329 e. The zero-order valence-corrected chi connectivity index (χ0v) is 17.3. The van der Waals surface area contributed by atoms with E-state index >= 15 is 0 Å². The molecule has 2 aromatic rings. The second-order valence-corrected chi connectivity index (χ2v) is 7.98. The molecule has 0 fully saturated rings. The van der Waals surface area contributed by atoms with E-state index in [0.717, 1.165) is 10.6 Å². The van der Waals surface area contributed by atoms with Gasteiger partial charge in [0.25, 0.3) is 5.91 Å². The molecule has 0 bridgehead atoms. The Hall–Kier alpha value is -2.94. The van der Waals surface area contributed by atoms with Gasteiger partial charge in [-0.15, -0.1) is 11.3 Å². The molecule has 154 valence electrons. The van der Waals surface area contributed by atoms with Crippen LogP contribution in [-0.4, -0.2) is 41.2 Å². The number of nitrogens with zero attached hydrogens (tertiary/aromatic N) is 2. The molecule has 2 aromatic heterocycles. The van der Waals surface area contributed by atoms with E-state index < -0.39 is 30.6 Å². The topological polar surface area (TPSA) is 101 Å². The third-order valence-electron chi connectivity index (χ3n) is 4.46. The highest BCUT2D eigenvalue weighted by atomic mass is 32.1. The molecule has 1 aliphatic rings. The summed E-state index contributed by atoms with van der Waals surface area (Å²) in [5.74, 6) is -1.02. The number of carbonyl (C=O) groups is 3. The van der Waals surface area contributed by atoms with Gasteiger partial charge in [-0.3, -0.25) is 9.59 Å². The van der Waals surface area contributed by atoms with E-state index in [1.54, 1.807) is 32.2 Å². The second kappa shape index (κ2) is 9.04. The van der Waals surface area contributed by atoms with Gasteiger partial charge in [0.2, 0.25) is 5.91 Å². The fourth-order valence-corrected chi connectivity index (χ4v) is 3.76. The lowest BCUT2D eigenvalue weighted by molar-refractivity contribution is -0.156. The zero-order chi connectivity index (χ0) is 21.0. The Morgan fingerprint density at radius 1 is 1.34 bits per heavy atom. The number of thiophene rings is 1. The Bertz CT molecular complexity index is 889. The minimum Gasteiger partial charge on any atom is -0.467 e. The van der Waals surface area contributed by atoms with Gasteiger partial charge >= 0.3 is 5.97 Å². The lowest BCUT2D eigenvalue weighted by Crippen LogP contribution is -2.45. The summed E-state index contributed by atoms with van der Waals surface area (Å²) in [4.78, 5) is 37.4. The molecule has 0 aliphatic carbocycles. The van der Waals surface area contributed by atoms with Crippen LogP contribution in [0.4, 0.5) is 0 Å². The van der Waals surface area contributed by atoms with Crippen LogP contribution in [0.5, 0.6) is 0 Å². The predicted octanol–water partition coefficient (Wildman–Crippen LogP) is 2.72. The molecular formula is C20H23N3O5S. The second-order valence-electron chi connectivity index (χ2n) is 7.03. The first-order chi connectivity index (χ1) is 13.9. The number of hydrogen-bond donors (Lipinski definition) is 1. The molecule has 2 atom stereocenters. The van der Waals surface area contributed by atoms with Crippen LogP contribution in [-0.2, 0) is 19.1 Å². The van der Waals surface area contributed by atoms with Crippen LogP contribution >= 0.6 is 11.3 Å². The van der Waals surface area contributed by atoms with Crippen LogP contribution in [0.25, 0.3) is 0 Å². The van der Waals surface area contributed by atoms with Crippen molar-refractivity contribution in [2.75, 3.05) is 6.61 Å². The highest BCUT2D eigenvalue weighted by molar-refractivity contribution is 7.12. The Kier molecular flexibility index (Phi) is 6.48. The maximum atomic E-state index is 12.8. The number of hydrazone groups is 1. The van der Waals surface area contributed by atoms with E-state index in [1.807, 2.05) is 17.5 Å². The van der Waals surface area contributed by atoms with Crippen molar-refractivity contribution < 1.29 is 23.5 Å². The van der Waals surface area contributed by atoms with E-state index in [9.17, 15) is 14.4 Å². The maximum Gasteiger partial charge on any atom is 0.329 e. The van der Waals surface area contributed by atoms with Crippen LogP contribution < -0.4 is 5.32 Å². The normalized spacial score (nSPS) is 17.2. The van der Waals surface area contributed by atoms with Gasteiger partial charge in [-0.1, -0.05) is 19.9 Å². The first-order valence-corrected chi connectivity index (χ1v) is 10.1. The van der Waals surface area contributed by atoms with Crippen LogP contribution in [0.1, 0.15) is 43.9 Å². The van der Waals surface area contributed by atoms with E-state index in [-0.39, 0.29) is 11.8 Å². The first kappa shape index (κ1) is 20.8. The molecule has 1 N–H and O–H groups in total. The molecule has 1 aliphatic heterocycles. The molecule has 0 spiro atoms. The number of hydrogen-bond acceptors (Lipinski definition) is 7. The number of carbonyl (C=O) groups excluding carboxylic acids is 3. The Morgan fingerprint density at radius 2 is 2.14 bits per heavy atom. The average molecular weight is 417 g/mol. The maximum absolute atomic E-state index is 12.8. The molecule has 9 heteroatoms.